The topological polar surface area (TPSA) is 74.2 Å². The summed E-state index contributed by atoms with van der Waals surface area (Å²) >= 11 is 1.54. The van der Waals surface area contributed by atoms with Gasteiger partial charge in [0.1, 0.15) is 5.01 Å². The summed E-state index contributed by atoms with van der Waals surface area (Å²) in [6, 6.07) is -0.268. The van der Waals surface area contributed by atoms with E-state index in [2.05, 4.69) is 15.6 Å². The molecule has 1 fully saturated rings. The quantitative estimate of drug-likeness (QED) is 0.684. The van der Waals surface area contributed by atoms with Crippen molar-refractivity contribution in [2.45, 2.75) is 32.0 Å². The number of carbonyl (C=O) groups excluding carboxylic acids is 1. The lowest BCUT2D eigenvalue weighted by molar-refractivity contribution is -0.123. The summed E-state index contributed by atoms with van der Waals surface area (Å²) in [4.78, 5) is 15.9. The van der Waals surface area contributed by atoms with Crippen LogP contribution in [-0.2, 0) is 11.3 Å². The number of aliphatic hydroxyl groups excluding tert-OH is 1. The third kappa shape index (κ3) is 2.78. The number of hydrogen-bond donors (Lipinski definition) is 3. The molecule has 1 saturated heterocycles. The van der Waals surface area contributed by atoms with Crippen molar-refractivity contribution in [3.63, 3.8) is 0 Å². The number of amides is 1. The van der Waals surface area contributed by atoms with E-state index in [9.17, 15) is 9.90 Å². The Bertz CT molecular complexity index is 380. The molecule has 1 aromatic heterocycles. The largest absolute Gasteiger partial charge is 0.392 e. The van der Waals surface area contributed by atoms with Crippen molar-refractivity contribution in [1.82, 2.24) is 15.6 Å². The van der Waals surface area contributed by atoms with Crippen molar-refractivity contribution in [2.75, 3.05) is 6.54 Å². The minimum absolute atomic E-state index is 0.0654. The second kappa shape index (κ2) is 4.90. The van der Waals surface area contributed by atoms with Gasteiger partial charge in [0.05, 0.1) is 18.7 Å². The second-order valence-corrected chi connectivity index (χ2v) is 4.89. The molecule has 0 saturated carbocycles. The average molecular weight is 241 g/mol. The second-order valence-electron chi connectivity index (χ2n) is 3.95. The van der Waals surface area contributed by atoms with Crippen LogP contribution in [-0.4, -0.2) is 34.7 Å². The van der Waals surface area contributed by atoms with Crippen LogP contribution < -0.4 is 10.6 Å². The standard InChI is InChI=1S/C10H15N3O2S/c1-6-5-16-9(13-6)4-12-10(15)8-2-7(14)3-11-8/h5,7-8,11,14H,2-4H2,1H3,(H,12,15). The summed E-state index contributed by atoms with van der Waals surface area (Å²) in [5, 5.41) is 17.9. The lowest BCUT2D eigenvalue weighted by atomic mass is 10.2. The monoisotopic (exact) mass is 241 g/mol. The molecule has 1 amide bonds. The van der Waals surface area contributed by atoms with Crippen LogP contribution in [0.1, 0.15) is 17.1 Å². The molecule has 5 nitrogen and oxygen atoms in total. The molecule has 0 radical (unpaired) electrons. The average Bonchev–Trinajstić information content (AvgIpc) is 2.84. The van der Waals surface area contributed by atoms with Crippen molar-refractivity contribution < 1.29 is 9.90 Å². The first-order chi connectivity index (χ1) is 7.65. The lowest BCUT2D eigenvalue weighted by Crippen LogP contribution is -2.39. The number of aromatic nitrogens is 1. The number of carbonyl (C=O) groups is 1. The fourth-order valence-electron chi connectivity index (χ4n) is 1.69. The van der Waals surface area contributed by atoms with Gasteiger partial charge < -0.3 is 15.7 Å². The summed E-state index contributed by atoms with van der Waals surface area (Å²) < 4.78 is 0. The summed E-state index contributed by atoms with van der Waals surface area (Å²) in [7, 11) is 0. The molecule has 6 heteroatoms. The summed E-state index contributed by atoms with van der Waals surface area (Å²) in [6.45, 7) is 2.89. The number of thiazole rings is 1. The minimum Gasteiger partial charge on any atom is -0.392 e. The first-order valence-corrected chi connectivity index (χ1v) is 6.13. The van der Waals surface area contributed by atoms with Crippen molar-refractivity contribution in [2.24, 2.45) is 0 Å². The van der Waals surface area contributed by atoms with Gasteiger partial charge in [-0.1, -0.05) is 0 Å². The number of nitrogens with zero attached hydrogens (tertiary/aromatic N) is 1. The van der Waals surface area contributed by atoms with Crippen LogP contribution >= 0.6 is 11.3 Å². The number of nitrogens with one attached hydrogen (secondary N) is 2. The summed E-state index contributed by atoms with van der Waals surface area (Å²) in [6.07, 6.45) is 0.0841. The molecule has 0 bridgehead atoms. The highest BCUT2D eigenvalue weighted by Crippen LogP contribution is 2.09. The Kier molecular flexibility index (Phi) is 3.52. The van der Waals surface area contributed by atoms with E-state index in [0.717, 1.165) is 10.7 Å². The smallest absolute Gasteiger partial charge is 0.237 e. The van der Waals surface area contributed by atoms with Gasteiger partial charge in [0.25, 0.3) is 0 Å². The van der Waals surface area contributed by atoms with Crippen molar-refractivity contribution in [3.8, 4) is 0 Å². The van der Waals surface area contributed by atoms with Gasteiger partial charge in [0.15, 0.2) is 0 Å². The van der Waals surface area contributed by atoms with Gasteiger partial charge in [0.2, 0.25) is 5.91 Å². The van der Waals surface area contributed by atoms with Crippen molar-refractivity contribution >= 4 is 17.2 Å². The molecule has 0 aliphatic carbocycles. The van der Waals surface area contributed by atoms with Crippen LogP contribution in [0.15, 0.2) is 5.38 Å². The van der Waals surface area contributed by atoms with E-state index in [1.54, 1.807) is 0 Å². The van der Waals surface area contributed by atoms with E-state index >= 15 is 0 Å². The Morgan fingerprint density at radius 1 is 1.81 bits per heavy atom. The summed E-state index contributed by atoms with van der Waals surface area (Å²) in [5.74, 6) is -0.0654. The number of aliphatic hydroxyl groups is 1. The van der Waals surface area contributed by atoms with Gasteiger partial charge in [-0.05, 0) is 13.3 Å². The molecule has 1 aliphatic heterocycles. The van der Waals surface area contributed by atoms with Gasteiger partial charge in [-0.15, -0.1) is 11.3 Å². The van der Waals surface area contributed by atoms with E-state index in [1.807, 2.05) is 12.3 Å². The maximum Gasteiger partial charge on any atom is 0.237 e. The zero-order valence-electron chi connectivity index (χ0n) is 9.06. The van der Waals surface area contributed by atoms with Gasteiger partial charge >= 0.3 is 0 Å². The number of β-amino-alcohol motifs (C(OH)–C–C–N with tert-alkyl or cyclic N) is 1. The molecule has 2 heterocycles. The molecule has 3 N–H and O–H groups in total. The maximum atomic E-state index is 11.7. The lowest BCUT2D eigenvalue weighted by Gasteiger charge is -2.09. The van der Waals surface area contributed by atoms with Crippen LogP contribution in [0.3, 0.4) is 0 Å². The Morgan fingerprint density at radius 2 is 2.62 bits per heavy atom. The highest BCUT2D eigenvalue weighted by atomic mass is 32.1. The Labute approximate surface area is 97.9 Å². The Balaban J connectivity index is 1.80. The highest BCUT2D eigenvalue weighted by Gasteiger charge is 2.27. The highest BCUT2D eigenvalue weighted by molar-refractivity contribution is 7.09. The third-order valence-corrected chi connectivity index (χ3v) is 3.47. The summed E-state index contributed by atoms with van der Waals surface area (Å²) in [5.41, 5.74) is 0.976. The predicted octanol–water partition coefficient (Wildman–Crippen LogP) is -0.209. The SMILES string of the molecule is Cc1csc(CNC(=O)C2CC(O)CN2)n1. The molecular formula is C10H15N3O2S. The molecule has 2 atom stereocenters. The van der Waals surface area contributed by atoms with Crippen LogP contribution in [0.4, 0.5) is 0 Å². The molecule has 0 aromatic carbocycles. The molecular weight excluding hydrogens is 226 g/mol. The zero-order chi connectivity index (χ0) is 11.5. The van der Waals surface area contributed by atoms with Gasteiger partial charge in [-0.25, -0.2) is 4.98 Å². The molecule has 2 unspecified atom stereocenters. The van der Waals surface area contributed by atoms with E-state index in [-0.39, 0.29) is 11.9 Å². The maximum absolute atomic E-state index is 11.7. The molecule has 1 aromatic rings. The van der Waals surface area contributed by atoms with Crippen LogP contribution in [0.5, 0.6) is 0 Å². The third-order valence-electron chi connectivity index (χ3n) is 2.50. The van der Waals surface area contributed by atoms with E-state index < -0.39 is 6.10 Å². The van der Waals surface area contributed by atoms with Gasteiger partial charge in [-0.3, -0.25) is 4.79 Å². The molecule has 1 aliphatic rings. The van der Waals surface area contributed by atoms with E-state index in [1.165, 1.54) is 11.3 Å². The van der Waals surface area contributed by atoms with E-state index in [4.69, 9.17) is 0 Å². The molecule has 16 heavy (non-hydrogen) atoms. The van der Waals surface area contributed by atoms with E-state index in [0.29, 0.717) is 19.5 Å². The van der Waals surface area contributed by atoms with Gasteiger partial charge in [-0.2, -0.15) is 0 Å². The van der Waals surface area contributed by atoms with Crippen molar-refractivity contribution in [3.05, 3.63) is 16.1 Å². The number of rotatable bonds is 3. The molecule has 88 valence electrons. The molecule has 0 spiro atoms. The Hall–Kier alpha value is -0.980. The van der Waals surface area contributed by atoms with Crippen LogP contribution in [0.2, 0.25) is 0 Å². The van der Waals surface area contributed by atoms with Gasteiger partial charge in [0, 0.05) is 17.6 Å². The normalized spacial score (nSPS) is 24.6. The van der Waals surface area contributed by atoms with Crippen molar-refractivity contribution in [1.29, 1.82) is 0 Å². The van der Waals surface area contributed by atoms with Crippen LogP contribution in [0, 0.1) is 6.92 Å². The predicted molar refractivity (Wildman–Crippen MR) is 61.1 cm³/mol. The molecule has 2 rings (SSSR count). The fourth-order valence-corrected chi connectivity index (χ4v) is 2.40. The Morgan fingerprint density at radius 3 is 3.19 bits per heavy atom. The number of aryl methyl sites for hydroxylation is 1. The minimum atomic E-state index is -0.405. The fraction of sp³-hybridized carbons (Fsp3) is 0.600. The number of hydrogen-bond acceptors (Lipinski definition) is 5. The first kappa shape index (κ1) is 11.5. The van der Waals surface area contributed by atoms with Crippen LogP contribution in [0.25, 0.3) is 0 Å². The zero-order valence-corrected chi connectivity index (χ0v) is 9.88. The first-order valence-electron chi connectivity index (χ1n) is 5.25.